The number of nitrogen functional groups attached to an aromatic ring is 1. The Morgan fingerprint density at radius 1 is 1.36 bits per heavy atom. The van der Waals surface area contributed by atoms with Crippen molar-refractivity contribution < 1.29 is 19.1 Å². The van der Waals surface area contributed by atoms with Crippen molar-refractivity contribution in [1.29, 1.82) is 0 Å². The van der Waals surface area contributed by atoms with Gasteiger partial charge in [-0.2, -0.15) is 0 Å². The molecule has 4 N–H and O–H groups in total. The third kappa shape index (κ3) is 4.58. The van der Waals surface area contributed by atoms with Crippen LogP contribution < -0.4 is 16.4 Å². The molecule has 0 saturated heterocycles. The van der Waals surface area contributed by atoms with Gasteiger partial charge in [-0.1, -0.05) is 0 Å². The topological polar surface area (TPSA) is 111 Å². The lowest BCUT2D eigenvalue weighted by Gasteiger charge is -2.14. The van der Waals surface area contributed by atoms with E-state index in [9.17, 15) is 14.4 Å². The summed E-state index contributed by atoms with van der Waals surface area (Å²) in [6, 6.07) is 4.47. The highest BCUT2D eigenvalue weighted by atomic mass is 127. The molecule has 3 amide bonds. The zero-order chi connectivity index (χ0) is 16.3. The molecule has 1 aliphatic carbocycles. The van der Waals surface area contributed by atoms with Gasteiger partial charge in [0.15, 0.2) is 6.10 Å². The average molecular weight is 417 g/mol. The summed E-state index contributed by atoms with van der Waals surface area (Å²) in [5.74, 6) is -1.39. The first-order valence-electron chi connectivity index (χ1n) is 6.74. The van der Waals surface area contributed by atoms with Crippen LogP contribution in [0.4, 0.5) is 10.5 Å². The smallest absolute Gasteiger partial charge is 0.341 e. The van der Waals surface area contributed by atoms with Crippen molar-refractivity contribution >= 4 is 46.2 Å². The first-order valence-corrected chi connectivity index (χ1v) is 7.82. The van der Waals surface area contributed by atoms with Gasteiger partial charge in [0.05, 0.1) is 5.56 Å². The predicted octanol–water partition coefficient (Wildman–Crippen LogP) is 1.41. The summed E-state index contributed by atoms with van der Waals surface area (Å²) in [5, 5.41) is 4.74. The first-order chi connectivity index (χ1) is 10.4. The van der Waals surface area contributed by atoms with Crippen LogP contribution in [0.15, 0.2) is 18.2 Å². The van der Waals surface area contributed by atoms with Crippen molar-refractivity contribution in [2.75, 3.05) is 5.73 Å². The Hall–Kier alpha value is -1.84. The second kappa shape index (κ2) is 6.95. The molecule has 0 aliphatic heterocycles. The Balaban J connectivity index is 1.90. The molecule has 1 saturated carbocycles. The van der Waals surface area contributed by atoms with E-state index in [0.29, 0.717) is 0 Å². The van der Waals surface area contributed by atoms with Crippen LogP contribution in [-0.2, 0) is 9.53 Å². The average Bonchev–Trinajstić information content (AvgIpc) is 3.24. The van der Waals surface area contributed by atoms with E-state index in [-0.39, 0.29) is 17.3 Å². The van der Waals surface area contributed by atoms with Crippen LogP contribution in [0.1, 0.15) is 30.1 Å². The summed E-state index contributed by atoms with van der Waals surface area (Å²) >= 11 is 2.04. The van der Waals surface area contributed by atoms with Gasteiger partial charge in [-0.25, -0.2) is 9.59 Å². The molecule has 1 unspecified atom stereocenters. The van der Waals surface area contributed by atoms with Gasteiger partial charge in [0.25, 0.3) is 5.91 Å². The summed E-state index contributed by atoms with van der Waals surface area (Å²) in [6.07, 6.45) is 0.727. The predicted molar refractivity (Wildman–Crippen MR) is 88.1 cm³/mol. The van der Waals surface area contributed by atoms with Gasteiger partial charge >= 0.3 is 12.0 Å². The van der Waals surface area contributed by atoms with Gasteiger partial charge in [-0.3, -0.25) is 10.1 Å². The Bertz CT molecular complexity index is 616. The summed E-state index contributed by atoms with van der Waals surface area (Å²) < 4.78 is 5.86. The van der Waals surface area contributed by atoms with Crippen LogP contribution in [0.25, 0.3) is 0 Å². The molecule has 1 aromatic carbocycles. The van der Waals surface area contributed by atoms with E-state index in [2.05, 4.69) is 10.6 Å². The highest BCUT2D eigenvalue weighted by molar-refractivity contribution is 14.1. The molecular formula is C14H16IN3O4. The van der Waals surface area contributed by atoms with E-state index < -0.39 is 24.0 Å². The molecule has 0 spiro atoms. The number of nitrogens with one attached hydrogen (secondary N) is 2. The summed E-state index contributed by atoms with van der Waals surface area (Å²) in [5.41, 5.74) is 6.17. The quantitative estimate of drug-likeness (QED) is 0.390. The number of imide groups is 1. The fourth-order valence-electron chi connectivity index (χ4n) is 1.65. The number of ether oxygens (including phenoxy) is 1. The molecule has 1 fully saturated rings. The highest BCUT2D eigenvalue weighted by Gasteiger charge is 2.26. The maximum atomic E-state index is 12.0. The van der Waals surface area contributed by atoms with E-state index in [1.54, 1.807) is 18.2 Å². The maximum Gasteiger partial charge on any atom is 0.341 e. The third-order valence-electron chi connectivity index (χ3n) is 3.04. The Morgan fingerprint density at radius 3 is 2.68 bits per heavy atom. The van der Waals surface area contributed by atoms with Crippen LogP contribution in [0.3, 0.4) is 0 Å². The minimum atomic E-state index is -1.10. The summed E-state index contributed by atoms with van der Waals surface area (Å²) in [4.78, 5) is 35.3. The second-order valence-corrected chi connectivity index (χ2v) is 6.26. The lowest BCUT2D eigenvalue weighted by atomic mass is 10.2. The molecule has 0 aromatic heterocycles. The lowest BCUT2D eigenvalue weighted by Crippen LogP contribution is -2.45. The standard InChI is InChI=1S/C14H16IN3O4/c1-7(12(19)18-14(21)17-9-3-4-9)22-13(20)10-6-8(15)2-5-11(10)16/h2,5-7,9H,3-4,16H2,1H3,(H2,17,18,19,21). The molecule has 0 bridgehead atoms. The molecule has 1 atom stereocenters. The van der Waals surface area contributed by atoms with E-state index in [4.69, 9.17) is 10.5 Å². The Morgan fingerprint density at radius 2 is 2.05 bits per heavy atom. The molecule has 1 aliphatic rings. The van der Waals surface area contributed by atoms with Crippen molar-refractivity contribution in [2.24, 2.45) is 0 Å². The minimum Gasteiger partial charge on any atom is -0.449 e. The van der Waals surface area contributed by atoms with Gasteiger partial charge in [0, 0.05) is 15.3 Å². The number of amides is 3. The van der Waals surface area contributed by atoms with Crippen LogP contribution in [0.2, 0.25) is 0 Å². The van der Waals surface area contributed by atoms with Crippen molar-refractivity contribution in [2.45, 2.75) is 31.9 Å². The molecular weight excluding hydrogens is 401 g/mol. The number of hydrogen-bond donors (Lipinski definition) is 3. The molecule has 22 heavy (non-hydrogen) atoms. The number of carbonyl (C=O) groups is 3. The number of benzene rings is 1. The largest absolute Gasteiger partial charge is 0.449 e. The SMILES string of the molecule is CC(OC(=O)c1cc(I)ccc1N)C(=O)NC(=O)NC1CC1. The summed E-state index contributed by atoms with van der Waals surface area (Å²) in [6.45, 7) is 1.39. The van der Waals surface area contributed by atoms with E-state index in [1.807, 2.05) is 22.6 Å². The number of anilines is 1. The van der Waals surface area contributed by atoms with Gasteiger partial charge in [-0.05, 0) is 60.6 Å². The first kappa shape index (κ1) is 16.5. The zero-order valence-electron chi connectivity index (χ0n) is 11.9. The lowest BCUT2D eigenvalue weighted by molar-refractivity contribution is -0.127. The molecule has 0 heterocycles. The van der Waals surface area contributed by atoms with Crippen LogP contribution >= 0.6 is 22.6 Å². The summed E-state index contributed by atoms with van der Waals surface area (Å²) in [7, 11) is 0. The van der Waals surface area contributed by atoms with Gasteiger partial charge in [-0.15, -0.1) is 0 Å². The van der Waals surface area contributed by atoms with Crippen LogP contribution in [0, 0.1) is 3.57 Å². The van der Waals surface area contributed by atoms with Crippen molar-refractivity contribution in [3.8, 4) is 0 Å². The fourth-order valence-corrected chi connectivity index (χ4v) is 2.14. The fraction of sp³-hybridized carbons (Fsp3) is 0.357. The molecule has 118 valence electrons. The van der Waals surface area contributed by atoms with E-state index in [1.165, 1.54) is 6.92 Å². The monoisotopic (exact) mass is 417 g/mol. The third-order valence-corrected chi connectivity index (χ3v) is 3.71. The van der Waals surface area contributed by atoms with Gasteiger partial charge in [0.2, 0.25) is 0 Å². The van der Waals surface area contributed by atoms with Crippen LogP contribution in [-0.4, -0.2) is 30.1 Å². The number of urea groups is 1. The van der Waals surface area contributed by atoms with Crippen LogP contribution in [0.5, 0.6) is 0 Å². The second-order valence-electron chi connectivity index (χ2n) is 5.02. The molecule has 1 aromatic rings. The van der Waals surface area contributed by atoms with Gasteiger partial charge in [0.1, 0.15) is 0 Å². The van der Waals surface area contributed by atoms with Gasteiger partial charge < -0.3 is 15.8 Å². The normalized spacial score (nSPS) is 14.8. The number of hydrogen-bond acceptors (Lipinski definition) is 5. The number of carbonyl (C=O) groups excluding carboxylic acids is 3. The van der Waals surface area contributed by atoms with E-state index >= 15 is 0 Å². The number of halogens is 1. The van der Waals surface area contributed by atoms with Crippen molar-refractivity contribution in [3.63, 3.8) is 0 Å². The number of rotatable bonds is 4. The molecule has 8 heteroatoms. The minimum absolute atomic E-state index is 0.136. The number of esters is 1. The molecule has 0 radical (unpaired) electrons. The maximum absolute atomic E-state index is 12.0. The van der Waals surface area contributed by atoms with E-state index in [0.717, 1.165) is 16.4 Å². The highest BCUT2D eigenvalue weighted by Crippen LogP contribution is 2.18. The molecule has 7 nitrogen and oxygen atoms in total. The van der Waals surface area contributed by atoms with Crippen molar-refractivity contribution in [1.82, 2.24) is 10.6 Å². The Kier molecular flexibility index (Phi) is 5.22. The Labute approximate surface area is 141 Å². The van der Waals surface area contributed by atoms with Crippen molar-refractivity contribution in [3.05, 3.63) is 27.3 Å². The number of nitrogens with two attached hydrogens (primary N) is 1. The molecule has 2 rings (SSSR count). The zero-order valence-corrected chi connectivity index (χ0v) is 14.0.